The summed E-state index contributed by atoms with van der Waals surface area (Å²) in [6, 6.07) is 0.983. The maximum atomic E-state index is 5.87. The van der Waals surface area contributed by atoms with Crippen LogP contribution >= 0.6 is 0 Å². The first kappa shape index (κ1) is 14.0. The molecular formula is C14H30N2. The molecule has 1 saturated heterocycles. The number of nitrogens with zero attached hydrogens (tertiary/aromatic N) is 1. The molecule has 2 unspecified atom stereocenters. The standard InChI is InChI=1S/C14H30N2/c1-11(15)10-12(2)16-8-6-13(7-9-16)14(3,4)5/h11-13H,6-10,15H2,1-5H3. The van der Waals surface area contributed by atoms with Crippen LogP contribution in [0.15, 0.2) is 0 Å². The Morgan fingerprint density at radius 1 is 1.19 bits per heavy atom. The second-order valence-electron chi connectivity index (χ2n) is 6.74. The lowest BCUT2D eigenvalue weighted by Crippen LogP contribution is -2.44. The van der Waals surface area contributed by atoms with Crippen molar-refractivity contribution < 1.29 is 0 Å². The summed E-state index contributed by atoms with van der Waals surface area (Å²) in [6.07, 6.45) is 3.83. The van der Waals surface area contributed by atoms with Crippen molar-refractivity contribution >= 4 is 0 Å². The minimum atomic E-state index is 0.329. The SMILES string of the molecule is CC(N)CC(C)N1CCC(C(C)(C)C)CC1. The van der Waals surface area contributed by atoms with Crippen LogP contribution in [0.5, 0.6) is 0 Å². The topological polar surface area (TPSA) is 29.3 Å². The van der Waals surface area contributed by atoms with Gasteiger partial charge in [-0.1, -0.05) is 20.8 Å². The van der Waals surface area contributed by atoms with Crippen molar-refractivity contribution in [2.75, 3.05) is 13.1 Å². The van der Waals surface area contributed by atoms with Crippen LogP contribution in [0.25, 0.3) is 0 Å². The number of likely N-dealkylation sites (tertiary alicyclic amines) is 1. The molecule has 0 aromatic heterocycles. The molecule has 1 aliphatic rings. The van der Waals surface area contributed by atoms with E-state index in [2.05, 4.69) is 39.5 Å². The van der Waals surface area contributed by atoms with E-state index in [1.165, 1.54) is 25.9 Å². The lowest BCUT2D eigenvalue weighted by Gasteiger charge is -2.41. The molecule has 2 heteroatoms. The zero-order chi connectivity index (χ0) is 12.3. The van der Waals surface area contributed by atoms with Gasteiger partial charge in [0, 0.05) is 12.1 Å². The number of nitrogens with two attached hydrogens (primary N) is 1. The van der Waals surface area contributed by atoms with E-state index < -0.39 is 0 Å². The quantitative estimate of drug-likeness (QED) is 0.802. The van der Waals surface area contributed by atoms with Crippen LogP contribution in [0.1, 0.15) is 53.9 Å². The zero-order valence-corrected chi connectivity index (χ0v) is 11.8. The van der Waals surface area contributed by atoms with Crippen molar-refractivity contribution in [3.05, 3.63) is 0 Å². The first-order valence-corrected chi connectivity index (χ1v) is 6.80. The lowest BCUT2D eigenvalue weighted by atomic mass is 9.75. The first-order valence-electron chi connectivity index (χ1n) is 6.80. The molecular weight excluding hydrogens is 196 g/mol. The van der Waals surface area contributed by atoms with Gasteiger partial charge in [-0.25, -0.2) is 0 Å². The van der Waals surface area contributed by atoms with Crippen molar-refractivity contribution in [1.29, 1.82) is 0 Å². The monoisotopic (exact) mass is 226 g/mol. The fourth-order valence-electron chi connectivity index (χ4n) is 2.89. The van der Waals surface area contributed by atoms with Crippen LogP contribution < -0.4 is 5.73 Å². The Kier molecular flexibility index (Phi) is 4.81. The van der Waals surface area contributed by atoms with E-state index in [9.17, 15) is 0 Å². The fraction of sp³-hybridized carbons (Fsp3) is 1.00. The van der Waals surface area contributed by atoms with Crippen molar-refractivity contribution in [1.82, 2.24) is 4.90 Å². The molecule has 0 aliphatic carbocycles. The maximum absolute atomic E-state index is 5.87. The predicted molar refractivity (Wildman–Crippen MR) is 71.5 cm³/mol. The molecule has 96 valence electrons. The van der Waals surface area contributed by atoms with Gasteiger partial charge in [-0.3, -0.25) is 0 Å². The number of hydrogen-bond acceptors (Lipinski definition) is 2. The Balaban J connectivity index is 2.37. The van der Waals surface area contributed by atoms with E-state index in [4.69, 9.17) is 5.73 Å². The van der Waals surface area contributed by atoms with Gasteiger partial charge >= 0.3 is 0 Å². The summed E-state index contributed by atoms with van der Waals surface area (Å²) in [4.78, 5) is 2.62. The molecule has 16 heavy (non-hydrogen) atoms. The smallest absolute Gasteiger partial charge is 0.00815 e. The Morgan fingerprint density at radius 2 is 1.69 bits per heavy atom. The molecule has 1 aliphatic heterocycles. The van der Waals surface area contributed by atoms with Gasteiger partial charge in [0.25, 0.3) is 0 Å². The molecule has 0 saturated carbocycles. The van der Waals surface area contributed by atoms with Crippen LogP contribution in [-0.2, 0) is 0 Å². The molecule has 0 amide bonds. The van der Waals surface area contributed by atoms with Gasteiger partial charge in [-0.2, -0.15) is 0 Å². The van der Waals surface area contributed by atoms with Crippen LogP contribution in [0, 0.1) is 11.3 Å². The Hall–Kier alpha value is -0.0800. The predicted octanol–water partition coefficient (Wildman–Crippen LogP) is 2.87. The minimum Gasteiger partial charge on any atom is -0.328 e. The number of piperidine rings is 1. The van der Waals surface area contributed by atoms with Gasteiger partial charge in [-0.15, -0.1) is 0 Å². The van der Waals surface area contributed by atoms with E-state index >= 15 is 0 Å². The van der Waals surface area contributed by atoms with E-state index in [0.29, 0.717) is 17.5 Å². The van der Waals surface area contributed by atoms with Crippen LogP contribution in [0.2, 0.25) is 0 Å². The van der Waals surface area contributed by atoms with Gasteiger partial charge < -0.3 is 10.6 Å². The highest BCUT2D eigenvalue weighted by Crippen LogP contribution is 2.34. The molecule has 0 aromatic carbocycles. The van der Waals surface area contributed by atoms with Gasteiger partial charge in [-0.05, 0) is 57.5 Å². The second-order valence-corrected chi connectivity index (χ2v) is 6.74. The van der Waals surface area contributed by atoms with Crippen LogP contribution in [0.3, 0.4) is 0 Å². The van der Waals surface area contributed by atoms with E-state index in [1.807, 2.05) is 0 Å². The molecule has 0 spiro atoms. The van der Waals surface area contributed by atoms with Gasteiger partial charge in [0.15, 0.2) is 0 Å². The summed E-state index contributed by atoms with van der Waals surface area (Å²) < 4.78 is 0. The molecule has 2 nitrogen and oxygen atoms in total. The summed E-state index contributed by atoms with van der Waals surface area (Å²) in [5, 5.41) is 0. The molecule has 1 heterocycles. The van der Waals surface area contributed by atoms with Gasteiger partial charge in [0.1, 0.15) is 0 Å². The Labute approximate surface area is 102 Å². The zero-order valence-electron chi connectivity index (χ0n) is 11.8. The summed E-state index contributed by atoms with van der Waals surface area (Å²) >= 11 is 0. The lowest BCUT2D eigenvalue weighted by molar-refractivity contribution is 0.0833. The second kappa shape index (κ2) is 5.50. The van der Waals surface area contributed by atoms with Gasteiger partial charge in [0.05, 0.1) is 0 Å². The highest BCUT2D eigenvalue weighted by molar-refractivity contribution is 4.83. The third kappa shape index (κ3) is 4.06. The Bertz CT molecular complexity index is 197. The van der Waals surface area contributed by atoms with Gasteiger partial charge in [0.2, 0.25) is 0 Å². The maximum Gasteiger partial charge on any atom is 0.00815 e. The van der Waals surface area contributed by atoms with Crippen molar-refractivity contribution in [2.45, 2.75) is 66.0 Å². The average molecular weight is 226 g/mol. The summed E-state index contributed by atoms with van der Waals surface area (Å²) in [6.45, 7) is 14.1. The molecule has 2 N–H and O–H groups in total. The largest absolute Gasteiger partial charge is 0.328 e. The molecule has 0 bridgehead atoms. The first-order chi connectivity index (χ1) is 7.30. The summed E-state index contributed by atoms with van der Waals surface area (Å²) in [5.41, 5.74) is 6.35. The molecule has 1 fully saturated rings. The highest BCUT2D eigenvalue weighted by atomic mass is 15.2. The van der Waals surface area contributed by atoms with E-state index in [-0.39, 0.29) is 0 Å². The minimum absolute atomic E-state index is 0.329. The van der Waals surface area contributed by atoms with Crippen molar-refractivity contribution in [2.24, 2.45) is 17.1 Å². The van der Waals surface area contributed by atoms with Crippen molar-refractivity contribution in [3.8, 4) is 0 Å². The van der Waals surface area contributed by atoms with Crippen LogP contribution in [0.4, 0.5) is 0 Å². The summed E-state index contributed by atoms with van der Waals surface area (Å²) in [7, 11) is 0. The third-order valence-corrected chi connectivity index (χ3v) is 4.09. The van der Waals surface area contributed by atoms with E-state index in [1.54, 1.807) is 0 Å². The van der Waals surface area contributed by atoms with Crippen molar-refractivity contribution in [3.63, 3.8) is 0 Å². The number of rotatable bonds is 3. The van der Waals surface area contributed by atoms with Crippen LogP contribution in [-0.4, -0.2) is 30.1 Å². The molecule has 0 radical (unpaired) electrons. The molecule has 1 rings (SSSR count). The third-order valence-electron chi connectivity index (χ3n) is 4.09. The highest BCUT2D eigenvalue weighted by Gasteiger charge is 2.30. The number of hydrogen-bond donors (Lipinski definition) is 1. The molecule has 0 aromatic rings. The average Bonchev–Trinajstić information content (AvgIpc) is 2.15. The normalized spacial score (nSPS) is 24.4. The fourth-order valence-corrected chi connectivity index (χ4v) is 2.89. The summed E-state index contributed by atoms with van der Waals surface area (Å²) in [5.74, 6) is 0.895. The Morgan fingerprint density at radius 3 is 2.06 bits per heavy atom. The molecule has 2 atom stereocenters. The van der Waals surface area contributed by atoms with E-state index in [0.717, 1.165) is 12.3 Å².